The standard InChI is InChI=1S/C19H20N2OS/c1-14-7-8-15(2)18(9-14)23-13-19(22)21(3)12-17-6-4-5-16(10-17)11-20/h4-10H,12-13H2,1-3H3. The van der Waals surface area contributed by atoms with Gasteiger partial charge in [-0.25, -0.2) is 0 Å². The summed E-state index contributed by atoms with van der Waals surface area (Å²) in [5, 5.41) is 8.93. The average molecular weight is 324 g/mol. The van der Waals surface area contributed by atoms with Gasteiger partial charge in [0, 0.05) is 18.5 Å². The molecule has 3 nitrogen and oxygen atoms in total. The van der Waals surface area contributed by atoms with Crippen LogP contribution in [0.1, 0.15) is 22.3 Å². The average Bonchev–Trinajstić information content (AvgIpc) is 2.55. The van der Waals surface area contributed by atoms with E-state index in [2.05, 4.69) is 38.1 Å². The van der Waals surface area contributed by atoms with Crippen molar-refractivity contribution in [3.8, 4) is 6.07 Å². The van der Waals surface area contributed by atoms with Crippen LogP contribution in [0.3, 0.4) is 0 Å². The number of carbonyl (C=O) groups is 1. The molecule has 0 aliphatic carbocycles. The smallest absolute Gasteiger partial charge is 0.232 e. The number of hydrogen-bond donors (Lipinski definition) is 0. The maximum atomic E-state index is 12.3. The fourth-order valence-electron chi connectivity index (χ4n) is 2.21. The lowest BCUT2D eigenvalue weighted by atomic mass is 10.1. The molecule has 2 rings (SSSR count). The number of aryl methyl sites for hydroxylation is 2. The van der Waals surface area contributed by atoms with Crippen LogP contribution in [0.15, 0.2) is 47.4 Å². The molecule has 23 heavy (non-hydrogen) atoms. The number of amides is 1. The Morgan fingerprint density at radius 2 is 2.00 bits per heavy atom. The van der Waals surface area contributed by atoms with Crippen molar-refractivity contribution in [2.75, 3.05) is 12.8 Å². The first kappa shape index (κ1) is 17.1. The van der Waals surface area contributed by atoms with Gasteiger partial charge in [0.25, 0.3) is 0 Å². The molecule has 0 heterocycles. The predicted octanol–water partition coefficient (Wildman–Crippen LogP) is 3.93. The Kier molecular flexibility index (Phi) is 5.84. The van der Waals surface area contributed by atoms with Crippen LogP contribution in [-0.2, 0) is 11.3 Å². The zero-order chi connectivity index (χ0) is 16.8. The van der Waals surface area contributed by atoms with Gasteiger partial charge in [-0.05, 0) is 43.2 Å². The highest BCUT2D eigenvalue weighted by molar-refractivity contribution is 8.00. The second kappa shape index (κ2) is 7.85. The molecule has 0 atom stereocenters. The minimum absolute atomic E-state index is 0.0817. The first-order valence-electron chi connectivity index (χ1n) is 7.42. The second-order valence-corrected chi connectivity index (χ2v) is 6.64. The summed E-state index contributed by atoms with van der Waals surface area (Å²) in [5.74, 6) is 0.497. The molecule has 0 aliphatic rings. The van der Waals surface area contributed by atoms with Gasteiger partial charge in [-0.2, -0.15) is 5.26 Å². The Hall–Kier alpha value is -2.25. The first-order chi connectivity index (χ1) is 11.0. The monoisotopic (exact) mass is 324 g/mol. The Labute approximate surface area is 141 Å². The summed E-state index contributed by atoms with van der Waals surface area (Å²) in [5.41, 5.74) is 3.98. The van der Waals surface area contributed by atoms with E-state index in [1.165, 1.54) is 11.1 Å². The van der Waals surface area contributed by atoms with Crippen LogP contribution in [0.2, 0.25) is 0 Å². The molecule has 2 aromatic carbocycles. The van der Waals surface area contributed by atoms with Crippen LogP contribution >= 0.6 is 11.8 Å². The van der Waals surface area contributed by atoms with E-state index in [0.29, 0.717) is 17.9 Å². The van der Waals surface area contributed by atoms with E-state index in [4.69, 9.17) is 5.26 Å². The van der Waals surface area contributed by atoms with Gasteiger partial charge in [0.1, 0.15) is 0 Å². The molecule has 0 spiro atoms. The molecule has 4 heteroatoms. The lowest BCUT2D eigenvalue weighted by Crippen LogP contribution is -2.27. The van der Waals surface area contributed by atoms with E-state index in [1.807, 2.05) is 18.2 Å². The number of thioether (sulfide) groups is 1. The molecule has 0 N–H and O–H groups in total. The molecule has 118 valence electrons. The van der Waals surface area contributed by atoms with Crippen molar-refractivity contribution in [2.45, 2.75) is 25.3 Å². The minimum atomic E-state index is 0.0817. The highest BCUT2D eigenvalue weighted by Crippen LogP contribution is 2.23. The molecule has 0 aromatic heterocycles. The van der Waals surface area contributed by atoms with E-state index >= 15 is 0 Å². The van der Waals surface area contributed by atoms with Crippen LogP contribution in [-0.4, -0.2) is 23.6 Å². The number of rotatable bonds is 5. The van der Waals surface area contributed by atoms with Gasteiger partial charge >= 0.3 is 0 Å². The summed E-state index contributed by atoms with van der Waals surface area (Å²) in [7, 11) is 1.80. The van der Waals surface area contributed by atoms with Gasteiger partial charge in [-0.1, -0.05) is 29.8 Å². The number of nitriles is 1. The zero-order valence-electron chi connectivity index (χ0n) is 13.7. The minimum Gasteiger partial charge on any atom is -0.341 e. The molecule has 2 aromatic rings. The normalized spacial score (nSPS) is 10.2. The summed E-state index contributed by atoms with van der Waals surface area (Å²) in [4.78, 5) is 15.2. The maximum Gasteiger partial charge on any atom is 0.232 e. The third-order valence-corrected chi connectivity index (χ3v) is 4.74. The Morgan fingerprint density at radius 3 is 2.74 bits per heavy atom. The van der Waals surface area contributed by atoms with Gasteiger partial charge in [0.15, 0.2) is 0 Å². The predicted molar refractivity (Wildman–Crippen MR) is 94.3 cm³/mol. The van der Waals surface area contributed by atoms with Crippen molar-refractivity contribution >= 4 is 17.7 Å². The quantitative estimate of drug-likeness (QED) is 0.783. The van der Waals surface area contributed by atoms with Crippen LogP contribution in [0.4, 0.5) is 0 Å². The Balaban J connectivity index is 1.95. The lowest BCUT2D eigenvalue weighted by Gasteiger charge is -2.17. The molecule has 0 aliphatic heterocycles. The fourth-order valence-corrected chi connectivity index (χ4v) is 3.28. The van der Waals surface area contributed by atoms with Crippen LogP contribution < -0.4 is 0 Å². The number of nitrogens with zero attached hydrogens (tertiary/aromatic N) is 2. The molecule has 0 bridgehead atoms. The molecular formula is C19H20N2OS. The summed E-state index contributed by atoms with van der Waals surface area (Å²) in [6.07, 6.45) is 0. The zero-order valence-corrected chi connectivity index (χ0v) is 14.5. The molecule has 1 amide bonds. The molecule has 0 unspecified atom stereocenters. The molecule has 0 fully saturated rings. The second-order valence-electron chi connectivity index (χ2n) is 5.62. The third-order valence-electron chi connectivity index (χ3n) is 3.60. The van der Waals surface area contributed by atoms with Gasteiger partial charge in [0.05, 0.1) is 17.4 Å². The SMILES string of the molecule is Cc1ccc(C)c(SCC(=O)N(C)Cc2cccc(C#N)c2)c1. The van der Waals surface area contributed by atoms with Crippen molar-refractivity contribution < 1.29 is 4.79 Å². The molecule has 0 saturated carbocycles. The van der Waals surface area contributed by atoms with Gasteiger partial charge in [0.2, 0.25) is 5.91 Å². The Bertz CT molecular complexity index is 749. The summed E-state index contributed by atoms with van der Waals surface area (Å²) in [6, 6.07) is 15.8. The van der Waals surface area contributed by atoms with E-state index in [1.54, 1.807) is 29.8 Å². The topological polar surface area (TPSA) is 44.1 Å². The Morgan fingerprint density at radius 1 is 1.22 bits per heavy atom. The first-order valence-corrected chi connectivity index (χ1v) is 8.41. The van der Waals surface area contributed by atoms with E-state index in [9.17, 15) is 4.79 Å². The van der Waals surface area contributed by atoms with Crippen molar-refractivity contribution in [1.29, 1.82) is 5.26 Å². The van der Waals surface area contributed by atoms with Crippen molar-refractivity contribution in [1.82, 2.24) is 4.90 Å². The van der Waals surface area contributed by atoms with Crippen molar-refractivity contribution in [3.05, 3.63) is 64.7 Å². The van der Waals surface area contributed by atoms with Crippen molar-refractivity contribution in [3.63, 3.8) is 0 Å². The fraction of sp³-hybridized carbons (Fsp3) is 0.263. The largest absolute Gasteiger partial charge is 0.341 e. The molecule has 0 radical (unpaired) electrons. The van der Waals surface area contributed by atoms with Crippen LogP contribution in [0.5, 0.6) is 0 Å². The highest BCUT2D eigenvalue weighted by Gasteiger charge is 2.11. The third kappa shape index (κ3) is 4.87. The highest BCUT2D eigenvalue weighted by atomic mass is 32.2. The summed E-state index contributed by atoms with van der Waals surface area (Å²) < 4.78 is 0. The maximum absolute atomic E-state index is 12.3. The van der Waals surface area contributed by atoms with Crippen LogP contribution in [0, 0.1) is 25.2 Å². The number of benzene rings is 2. The van der Waals surface area contributed by atoms with E-state index in [-0.39, 0.29) is 5.91 Å². The van der Waals surface area contributed by atoms with E-state index < -0.39 is 0 Å². The van der Waals surface area contributed by atoms with Gasteiger partial charge in [-0.15, -0.1) is 11.8 Å². The van der Waals surface area contributed by atoms with E-state index in [0.717, 1.165) is 10.5 Å². The number of carbonyl (C=O) groups excluding carboxylic acids is 1. The summed E-state index contributed by atoms with van der Waals surface area (Å²) in [6.45, 7) is 4.63. The molecular weight excluding hydrogens is 304 g/mol. The number of hydrogen-bond acceptors (Lipinski definition) is 3. The molecule has 0 saturated heterocycles. The summed E-state index contributed by atoms with van der Waals surface area (Å²) >= 11 is 1.57. The van der Waals surface area contributed by atoms with Gasteiger partial charge < -0.3 is 4.90 Å². The van der Waals surface area contributed by atoms with Gasteiger partial charge in [-0.3, -0.25) is 4.79 Å². The van der Waals surface area contributed by atoms with Crippen molar-refractivity contribution in [2.24, 2.45) is 0 Å². The van der Waals surface area contributed by atoms with Crippen LogP contribution in [0.25, 0.3) is 0 Å². The lowest BCUT2D eigenvalue weighted by molar-refractivity contribution is -0.127.